The second-order valence-electron chi connectivity index (χ2n) is 2.08. The topological polar surface area (TPSA) is 62.7 Å². The maximum atomic E-state index is 8.20. The summed E-state index contributed by atoms with van der Waals surface area (Å²) in [6.07, 6.45) is 0.219. The van der Waals surface area contributed by atoms with Crippen LogP contribution < -0.4 is 5.73 Å². The van der Waals surface area contributed by atoms with Crippen LogP contribution in [0.2, 0.25) is 0 Å². The van der Waals surface area contributed by atoms with Crippen molar-refractivity contribution in [2.75, 3.05) is 5.73 Å². The lowest BCUT2D eigenvalue weighted by molar-refractivity contribution is 1.29. The summed E-state index contributed by atoms with van der Waals surface area (Å²) in [5, 5.41) is 8.20. The van der Waals surface area contributed by atoms with E-state index in [4.69, 9.17) is 11.0 Å². The molecule has 2 N–H and O–H groups in total. The molecule has 0 saturated heterocycles. The van der Waals surface area contributed by atoms with Gasteiger partial charge in [0.05, 0.1) is 12.5 Å². The lowest BCUT2D eigenvalue weighted by atomic mass is 10.3. The van der Waals surface area contributed by atoms with Crippen molar-refractivity contribution < 1.29 is 0 Å². The second kappa shape index (κ2) is 4.00. The molecule has 0 radical (unpaired) electrons. The first-order valence-electron chi connectivity index (χ1n) is 3.41. The van der Waals surface area contributed by atoms with Crippen LogP contribution in [0.1, 0.15) is 12.1 Å². The molecule has 3 heteroatoms. The zero-order chi connectivity index (χ0) is 8.81. The van der Waals surface area contributed by atoms with Crippen molar-refractivity contribution in [2.24, 2.45) is 0 Å². The third-order valence-corrected chi connectivity index (χ3v) is 1.15. The fourth-order valence-corrected chi connectivity index (χ4v) is 0.695. The van der Waals surface area contributed by atoms with Crippen LogP contribution in [0.15, 0.2) is 18.2 Å². The van der Waals surface area contributed by atoms with Crippen molar-refractivity contribution in [3.63, 3.8) is 0 Å². The highest BCUT2D eigenvalue weighted by atomic mass is 14.8. The zero-order valence-corrected chi connectivity index (χ0v) is 6.41. The highest BCUT2D eigenvalue weighted by molar-refractivity contribution is 5.36. The average Bonchev–Trinajstić information content (AvgIpc) is 2.05. The Hall–Kier alpha value is -2.00. The molecule has 1 aromatic rings. The van der Waals surface area contributed by atoms with Crippen molar-refractivity contribution in [1.82, 2.24) is 4.98 Å². The smallest absolute Gasteiger partial charge is 0.124 e. The highest BCUT2D eigenvalue weighted by Gasteiger charge is 1.87. The normalized spacial score (nSPS) is 7.92. The minimum Gasteiger partial charge on any atom is -0.384 e. The van der Waals surface area contributed by atoms with Gasteiger partial charge < -0.3 is 5.73 Å². The molecule has 58 valence electrons. The molecular weight excluding hydrogens is 150 g/mol. The summed E-state index contributed by atoms with van der Waals surface area (Å²) in [4.78, 5) is 3.94. The number of hydrogen-bond acceptors (Lipinski definition) is 3. The van der Waals surface area contributed by atoms with Gasteiger partial charge in [0.15, 0.2) is 0 Å². The number of pyridine rings is 1. The molecule has 0 aliphatic carbocycles. The van der Waals surface area contributed by atoms with Crippen LogP contribution >= 0.6 is 0 Å². The quantitative estimate of drug-likeness (QED) is 0.570. The first kappa shape index (κ1) is 8.10. The van der Waals surface area contributed by atoms with Gasteiger partial charge in [-0.15, -0.1) is 0 Å². The van der Waals surface area contributed by atoms with E-state index in [1.54, 1.807) is 18.2 Å². The van der Waals surface area contributed by atoms with Gasteiger partial charge in [0.2, 0.25) is 0 Å². The number of nitrogens with zero attached hydrogens (tertiary/aromatic N) is 2. The summed E-state index contributed by atoms with van der Waals surface area (Å²) in [7, 11) is 0. The van der Waals surface area contributed by atoms with E-state index in [-0.39, 0.29) is 6.42 Å². The Balaban J connectivity index is 2.79. The SMILES string of the molecule is N#CCC#Cc1cccc(N)n1. The van der Waals surface area contributed by atoms with E-state index >= 15 is 0 Å². The van der Waals surface area contributed by atoms with Crippen LogP contribution in [-0.2, 0) is 0 Å². The summed E-state index contributed by atoms with van der Waals surface area (Å²) in [5.41, 5.74) is 6.02. The molecule has 0 spiro atoms. The Morgan fingerprint density at radius 2 is 2.33 bits per heavy atom. The Kier molecular flexibility index (Phi) is 2.70. The van der Waals surface area contributed by atoms with Crippen molar-refractivity contribution >= 4 is 5.82 Å². The van der Waals surface area contributed by atoms with E-state index in [1.807, 2.05) is 6.07 Å². The molecule has 0 atom stereocenters. The van der Waals surface area contributed by atoms with Crippen LogP contribution in [0.3, 0.4) is 0 Å². The standard InChI is InChI=1S/C9H7N3/c10-7-2-1-4-8-5-3-6-9(11)12-8/h3,5-6H,2H2,(H2,11,12). The number of anilines is 1. The summed E-state index contributed by atoms with van der Waals surface area (Å²) in [6.45, 7) is 0. The molecule has 0 aliphatic rings. The van der Waals surface area contributed by atoms with Crippen LogP contribution in [0.4, 0.5) is 5.82 Å². The lowest BCUT2D eigenvalue weighted by Gasteiger charge is -1.90. The van der Waals surface area contributed by atoms with Crippen molar-refractivity contribution in [3.05, 3.63) is 23.9 Å². The fraction of sp³-hybridized carbons (Fsp3) is 0.111. The van der Waals surface area contributed by atoms with E-state index < -0.39 is 0 Å². The molecule has 3 nitrogen and oxygen atoms in total. The van der Waals surface area contributed by atoms with Gasteiger partial charge in [-0.25, -0.2) is 4.98 Å². The molecule has 1 heterocycles. The van der Waals surface area contributed by atoms with Crippen molar-refractivity contribution in [1.29, 1.82) is 5.26 Å². The maximum absolute atomic E-state index is 8.20. The zero-order valence-electron chi connectivity index (χ0n) is 6.41. The van der Waals surface area contributed by atoms with E-state index in [0.717, 1.165) is 0 Å². The first-order chi connectivity index (χ1) is 5.83. The van der Waals surface area contributed by atoms with E-state index in [9.17, 15) is 0 Å². The molecular formula is C9H7N3. The minimum absolute atomic E-state index is 0.219. The molecule has 1 aromatic heterocycles. The third kappa shape index (κ3) is 2.32. The molecule has 0 bridgehead atoms. The van der Waals surface area contributed by atoms with E-state index in [1.165, 1.54) is 0 Å². The van der Waals surface area contributed by atoms with Gasteiger partial charge in [-0.1, -0.05) is 12.0 Å². The molecule has 0 saturated carbocycles. The molecule has 0 unspecified atom stereocenters. The first-order valence-corrected chi connectivity index (χ1v) is 3.41. The van der Waals surface area contributed by atoms with Gasteiger partial charge in [0.1, 0.15) is 11.5 Å². The number of aromatic nitrogens is 1. The Bertz CT molecular complexity index is 365. The predicted octanol–water partition coefficient (Wildman–Crippen LogP) is 0.929. The fourth-order valence-electron chi connectivity index (χ4n) is 0.695. The monoisotopic (exact) mass is 157 g/mol. The van der Waals surface area contributed by atoms with Gasteiger partial charge in [0, 0.05) is 0 Å². The van der Waals surface area contributed by atoms with Gasteiger partial charge in [-0.2, -0.15) is 5.26 Å². The third-order valence-electron chi connectivity index (χ3n) is 1.15. The summed E-state index contributed by atoms with van der Waals surface area (Å²) in [6, 6.07) is 7.14. The van der Waals surface area contributed by atoms with Gasteiger partial charge in [0.25, 0.3) is 0 Å². The van der Waals surface area contributed by atoms with E-state index in [0.29, 0.717) is 11.5 Å². The molecule has 1 rings (SSSR count). The number of rotatable bonds is 0. The van der Waals surface area contributed by atoms with Crippen LogP contribution in [0.25, 0.3) is 0 Å². The van der Waals surface area contributed by atoms with Gasteiger partial charge in [-0.3, -0.25) is 0 Å². The van der Waals surface area contributed by atoms with E-state index in [2.05, 4.69) is 16.8 Å². The predicted molar refractivity (Wildman–Crippen MR) is 45.8 cm³/mol. The number of nitrogen functional groups attached to an aromatic ring is 1. The van der Waals surface area contributed by atoms with Crippen molar-refractivity contribution in [2.45, 2.75) is 6.42 Å². The van der Waals surface area contributed by atoms with Gasteiger partial charge in [-0.05, 0) is 18.1 Å². The Morgan fingerprint density at radius 3 is 3.00 bits per heavy atom. The summed E-state index contributed by atoms with van der Waals surface area (Å²) < 4.78 is 0. The number of nitriles is 1. The average molecular weight is 157 g/mol. The molecule has 0 aromatic carbocycles. The minimum atomic E-state index is 0.219. The van der Waals surface area contributed by atoms with Crippen LogP contribution in [0.5, 0.6) is 0 Å². The number of hydrogen-bond donors (Lipinski definition) is 1. The second-order valence-corrected chi connectivity index (χ2v) is 2.08. The number of nitrogens with two attached hydrogens (primary N) is 1. The highest BCUT2D eigenvalue weighted by Crippen LogP contribution is 1.97. The molecule has 0 amide bonds. The lowest BCUT2D eigenvalue weighted by Crippen LogP contribution is -1.90. The molecule has 12 heavy (non-hydrogen) atoms. The molecule has 0 fully saturated rings. The maximum Gasteiger partial charge on any atom is 0.124 e. The van der Waals surface area contributed by atoms with Crippen LogP contribution in [-0.4, -0.2) is 4.98 Å². The van der Waals surface area contributed by atoms with Crippen molar-refractivity contribution in [3.8, 4) is 17.9 Å². The molecule has 0 aliphatic heterocycles. The Morgan fingerprint density at radius 1 is 1.50 bits per heavy atom. The van der Waals surface area contributed by atoms with Crippen LogP contribution in [0, 0.1) is 23.2 Å². The Labute approximate surface area is 70.8 Å². The summed E-state index contributed by atoms with van der Waals surface area (Å²) in [5.74, 6) is 5.82. The van der Waals surface area contributed by atoms with Gasteiger partial charge >= 0.3 is 0 Å². The summed E-state index contributed by atoms with van der Waals surface area (Å²) >= 11 is 0. The largest absolute Gasteiger partial charge is 0.384 e.